The van der Waals surface area contributed by atoms with Crippen molar-refractivity contribution >= 4 is 27.6 Å². The molecule has 0 aliphatic heterocycles. The third kappa shape index (κ3) is 1.53. The second-order valence-corrected chi connectivity index (χ2v) is 5.03. The van der Waals surface area contributed by atoms with Crippen LogP contribution in [0.3, 0.4) is 0 Å². The minimum Gasteiger partial charge on any atom is -0.377 e. The summed E-state index contributed by atoms with van der Waals surface area (Å²) in [7, 11) is 1.63. The molecule has 0 N–H and O–H groups in total. The summed E-state index contributed by atoms with van der Waals surface area (Å²) in [5, 5.41) is 15.5. The van der Waals surface area contributed by atoms with Gasteiger partial charge in [0.15, 0.2) is 10.8 Å². The van der Waals surface area contributed by atoms with Crippen molar-refractivity contribution in [2.75, 3.05) is 7.11 Å². The lowest BCUT2D eigenvalue weighted by Crippen LogP contribution is -1.97. The second-order valence-electron chi connectivity index (χ2n) is 3.13. The Labute approximate surface area is 99.3 Å². The summed E-state index contributed by atoms with van der Waals surface area (Å²) in [6.07, 6.45) is 0. The van der Waals surface area contributed by atoms with E-state index in [9.17, 15) is 0 Å². The van der Waals surface area contributed by atoms with E-state index in [2.05, 4.69) is 15.3 Å². The number of hydrogen-bond donors (Lipinski definition) is 0. The Morgan fingerprint density at radius 1 is 1.44 bits per heavy atom. The van der Waals surface area contributed by atoms with E-state index in [1.165, 1.54) is 11.3 Å². The highest BCUT2D eigenvalue weighted by Crippen LogP contribution is 2.28. The van der Waals surface area contributed by atoms with Crippen molar-refractivity contribution in [2.24, 2.45) is 0 Å². The molecule has 3 heterocycles. The van der Waals surface area contributed by atoms with Gasteiger partial charge < -0.3 is 4.74 Å². The minimum atomic E-state index is 0.425. The first-order valence-corrected chi connectivity index (χ1v) is 6.32. The van der Waals surface area contributed by atoms with Gasteiger partial charge in [0.05, 0.1) is 4.88 Å². The molecule has 16 heavy (non-hydrogen) atoms. The van der Waals surface area contributed by atoms with Crippen molar-refractivity contribution < 1.29 is 4.74 Å². The molecule has 0 atom stereocenters. The molecular weight excluding hydrogens is 244 g/mol. The van der Waals surface area contributed by atoms with Crippen LogP contribution in [0.25, 0.3) is 14.8 Å². The fraction of sp³-hybridized carbons (Fsp3) is 0.222. The molecule has 0 saturated carbocycles. The van der Waals surface area contributed by atoms with Crippen molar-refractivity contribution in [1.82, 2.24) is 19.8 Å². The lowest BCUT2D eigenvalue weighted by molar-refractivity contribution is 0.176. The van der Waals surface area contributed by atoms with Crippen molar-refractivity contribution in [3.63, 3.8) is 0 Å². The topological polar surface area (TPSA) is 52.3 Å². The monoisotopic (exact) mass is 252 g/mol. The third-order valence-electron chi connectivity index (χ3n) is 2.06. The average molecular weight is 252 g/mol. The molecule has 0 spiro atoms. The summed E-state index contributed by atoms with van der Waals surface area (Å²) in [4.78, 5) is 1.95. The van der Waals surface area contributed by atoms with Crippen molar-refractivity contribution in [3.8, 4) is 9.88 Å². The van der Waals surface area contributed by atoms with Gasteiger partial charge in [-0.25, -0.2) is 0 Å². The number of rotatable bonds is 3. The molecule has 3 aromatic rings. The van der Waals surface area contributed by atoms with E-state index in [0.29, 0.717) is 6.61 Å². The maximum Gasteiger partial charge on any atom is 0.235 e. The molecule has 0 unspecified atom stereocenters. The molecule has 82 valence electrons. The van der Waals surface area contributed by atoms with Gasteiger partial charge in [0, 0.05) is 7.11 Å². The Hall–Kier alpha value is -1.31. The van der Waals surface area contributed by atoms with Crippen LogP contribution in [0, 0.1) is 0 Å². The van der Waals surface area contributed by atoms with Crippen molar-refractivity contribution in [2.45, 2.75) is 6.61 Å². The van der Waals surface area contributed by atoms with E-state index >= 15 is 0 Å². The molecule has 5 nitrogen and oxygen atoms in total. The molecule has 0 aliphatic rings. The Morgan fingerprint density at radius 3 is 3.12 bits per heavy atom. The number of methoxy groups -OCH3 is 1. The van der Waals surface area contributed by atoms with Gasteiger partial charge in [0.2, 0.25) is 4.96 Å². The quantitative estimate of drug-likeness (QED) is 0.716. The van der Waals surface area contributed by atoms with Crippen LogP contribution in [-0.4, -0.2) is 26.9 Å². The Morgan fingerprint density at radius 2 is 2.38 bits per heavy atom. The number of thiophene rings is 1. The highest BCUT2D eigenvalue weighted by molar-refractivity contribution is 7.23. The molecule has 3 aromatic heterocycles. The Balaban J connectivity index is 2.09. The summed E-state index contributed by atoms with van der Waals surface area (Å²) >= 11 is 3.20. The summed E-state index contributed by atoms with van der Waals surface area (Å²) < 4.78 is 6.78. The van der Waals surface area contributed by atoms with Crippen LogP contribution in [0.5, 0.6) is 0 Å². The highest BCUT2D eigenvalue weighted by Gasteiger charge is 2.12. The molecule has 0 aliphatic carbocycles. The maximum atomic E-state index is 5.04. The first kappa shape index (κ1) is 9.88. The first-order valence-electron chi connectivity index (χ1n) is 4.62. The summed E-state index contributed by atoms with van der Waals surface area (Å²) in [5.41, 5.74) is 0. The predicted octanol–water partition coefficient (Wildman–Crippen LogP) is 2.06. The number of nitrogens with zero attached hydrogens (tertiary/aromatic N) is 4. The van der Waals surface area contributed by atoms with Crippen molar-refractivity contribution in [1.29, 1.82) is 0 Å². The zero-order chi connectivity index (χ0) is 11.0. The minimum absolute atomic E-state index is 0.425. The van der Waals surface area contributed by atoms with E-state index in [1.54, 1.807) is 23.0 Å². The summed E-state index contributed by atoms with van der Waals surface area (Å²) in [6, 6.07) is 4.06. The van der Waals surface area contributed by atoms with Gasteiger partial charge in [0.25, 0.3) is 0 Å². The molecule has 0 radical (unpaired) electrons. The second kappa shape index (κ2) is 3.93. The highest BCUT2D eigenvalue weighted by atomic mass is 32.1. The first-order chi connectivity index (χ1) is 7.88. The summed E-state index contributed by atoms with van der Waals surface area (Å²) in [6.45, 7) is 0.425. The number of ether oxygens (including phenoxy) is 1. The molecule has 0 aromatic carbocycles. The van der Waals surface area contributed by atoms with Crippen LogP contribution in [0.2, 0.25) is 0 Å². The van der Waals surface area contributed by atoms with Gasteiger partial charge in [-0.2, -0.15) is 9.61 Å². The lowest BCUT2D eigenvalue weighted by atomic mass is 10.5. The van der Waals surface area contributed by atoms with Crippen LogP contribution in [-0.2, 0) is 11.3 Å². The SMILES string of the molecule is COCc1nnc2sc(-c3cccs3)nn12. The van der Waals surface area contributed by atoms with Crippen molar-refractivity contribution in [3.05, 3.63) is 23.3 Å². The lowest BCUT2D eigenvalue weighted by Gasteiger charge is -1.92. The molecule has 0 bridgehead atoms. The van der Waals surface area contributed by atoms with Gasteiger partial charge >= 0.3 is 0 Å². The van der Waals surface area contributed by atoms with E-state index in [4.69, 9.17) is 4.74 Å². The van der Waals surface area contributed by atoms with Gasteiger partial charge in [-0.15, -0.1) is 21.5 Å². The molecular formula is C9H8N4OS2. The molecule has 3 rings (SSSR count). The van der Waals surface area contributed by atoms with Gasteiger partial charge in [-0.3, -0.25) is 0 Å². The van der Waals surface area contributed by atoms with Gasteiger partial charge in [0.1, 0.15) is 6.61 Å². The number of fused-ring (bicyclic) bond motifs is 1. The van der Waals surface area contributed by atoms with Gasteiger partial charge in [-0.1, -0.05) is 17.4 Å². The Bertz CT molecular complexity index is 598. The van der Waals surface area contributed by atoms with E-state index < -0.39 is 0 Å². The van der Waals surface area contributed by atoms with Crippen LogP contribution in [0.4, 0.5) is 0 Å². The number of hydrogen-bond acceptors (Lipinski definition) is 6. The molecule has 0 saturated heterocycles. The smallest absolute Gasteiger partial charge is 0.235 e. The fourth-order valence-corrected chi connectivity index (χ4v) is 3.03. The fourth-order valence-electron chi connectivity index (χ4n) is 1.38. The van der Waals surface area contributed by atoms with Crippen LogP contribution in [0.15, 0.2) is 17.5 Å². The van der Waals surface area contributed by atoms with Gasteiger partial charge in [-0.05, 0) is 11.4 Å². The standard InChI is InChI=1S/C9H8N4OS2/c1-14-5-7-10-11-9-13(7)12-8(16-9)6-3-2-4-15-6/h2-4H,5H2,1H3. The van der Waals surface area contributed by atoms with E-state index in [0.717, 1.165) is 20.7 Å². The molecule has 7 heteroatoms. The largest absolute Gasteiger partial charge is 0.377 e. The van der Waals surface area contributed by atoms with Crippen LogP contribution >= 0.6 is 22.7 Å². The van der Waals surface area contributed by atoms with E-state index in [-0.39, 0.29) is 0 Å². The zero-order valence-electron chi connectivity index (χ0n) is 8.45. The third-order valence-corrected chi connectivity index (χ3v) is 4.00. The van der Waals surface area contributed by atoms with Crippen LogP contribution < -0.4 is 0 Å². The maximum absolute atomic E-state index is 5.04. The van der Waals surface area contributed by atoms with E-state index in [1.807, 2.05) is 17.5 Å². The summed E-state index contributed by atoms with van der Waals surface area (Å²) in [5.74, 6) is 0.733. The molecule has 0 amide bonds. The Kier molecular flexibility index (Phi) is 2.43. The number of aromatic nitrogens is 4. The normalized spacial score (nSPS) is 11.3. The molecule has 0 fully saturated rings. The zero-order valence-corrected chi connectivity index (χ0v) is 10.1. The van der Waals surface area contributed by atoms with Crippen LogP contribution in [0.1, 0.15) is 5.82 Å². The predicted molar refractivity (Wildman–Crippen MR) is 62.7 cm³/mol. The average Bonchev–Trinajstić information content (AvgIpc) is 2.93.